The van der Waals surface area contributed by atoms with Crippen molar-refractivity contribution in [2.45, 2.75) is 58.2 Å². The summed E-state index contributed by atoms with van der Waals surface area (Å²) in [5.74, 6) is 0.934. The third-order valence-electron chi connectivity index (χ3n) is 4.91. The number of aromatic nitrogens is 2. The Kier molecular flexibility index (Phi) is 4.41. The smallest absolute Gasteiger partial charge is 0.0765 e. The number of nitrogens with one attached hydrogen (secondary N) is 1. The van der Waals surface area contributed by atoms with Crippen molar-refractivity contribution < 1.29 is 0 Å². The predicted octanol–water partition coefficient (Wildman–Crippen LogP) is 2.43. The summed E-state index contributed by atoms with van der Waals surface area (Å²) in [7, 11) is 0. The van der Waals surface area contributed by atoms with Crippen molar-refractivity contribution in [3.8, 4) is 0 Å². The summed E-state index contributed by atoms with van der Waals surface area (Å²) < 4.78 is 2.17. The normalized spacial score (nSPS) is 24.4. The van der Waals surface area contributed by atoms with Gasteiger partial charge >= 0.3 is 0 Å². The minimum atomic E-state index is 0.561. The Morgan fingerprint density at radius 2 is 2.15 bits per heavy atom. The van der Waals surface area contributed by atoms with E-state index in [1.165, 1.54) is 25.1 Å². The fourth-order valence-electron chi connectivity index (χ4n) is 3.45. The second kappa shape index (κ2) is 6.27. The minimum absolute atomic E-state index is 0.561. The second-order valence-electron chi connectivity index (χ2n) is 6.34. The number of hydrogen-bond donors (Lipinski definition) is 1. The lowest BCUT2D eigenvalue weighted by atomic mass is 10.1. The van der Waals surface area contributed by atoms with Gasteiger partial charge in [0.1, 0.15) is 0 Å². The molecule has 4 heteroatoms. The Balaban J connectivity index is 1.64. The van der Waals surface area contributed by atoms with E-state index in [4.69, 9.17) is 5.10 Å². The molecule has 2 fully saturated rings. The van der Waals surface area contributed by atoms with Gasteiger partial charge in [0.25, 0.3) is 0 Å². The first kappa shape index (κ1) is 14.1. The van der Waals surface area contributed by atoms with E-state index in [9.17, 15) is 0 Å². The highest BCUT2D eigenvalue weighted by atomic mass is 15.3. The summed E-state index contributed by atoms with van der Waals surface area (Å²) in [4.78, 5) is 2.65. The fraction of sp³-hybridized carbons (Fsp3) is 0.812. The highest BCUT2D eigenvalue weighted by molar-refractivity contribution is 5.02. The van der Waals surface area contributed by atoms with Gasteiger partial charge in [0.2, 0.25) is 0 Å². The summed E-state index contributed by atoms with van der Waals surface area (Å²) in [6.07, 6.45) is 7.34. The molecule has 2 heterocycles. The van der Waals surface area contributed by atoms with Crippen LogP contribution < -0.4 is 5.32 Å². The van der Waals surface area contributed by atoms with Gasteiger partial charge in [-0.05, 0) is 37.7 Å². The molecule has 1 aliphatic heterocycles. The lowest BCUT2D eigenvalue weighted by Crippen LogP contribution is -2.51. The van der Waals surface area contributed by atoms with Gasteiger partial charge in [0, 0.05) is 38.4 Å². The van der Waals surface area contributed by atoms with Crippen LogP contribution in [0.3, 0.4) is 0 Å². The summed E-state index contributed by atoms with van der Waals surface area (Å²) in [6, 6.07) is 3.51. The first-order valence-corrected chi connectivity index (χ1v) is 8.30. The van der Waals surface area contributed by atoms with Crippen molar-refractivity contribution >= 4 is 0 Å². The Morgan fingerprint density at radius 3 is 2.85 bits per heavy atom. The molecule has 1 saturated heterocycles. The molecule has 1 N–H and O–H groups in total. The molecule has 0 aromatic carbocycles. The van der Waals surface area contributed by atoms with Gasteiger partial charge in [-0.15, -0.1) is 0 Å². The van der Waals surface area contributed by atoms with E-state index in [2.05, 4.69) is 41.0 Å². The fourth-order valence-corrected chi connectivity index (χ4v) is 3.45. The van der Waals surface area contributed by atoms with E-state index in [0.29, 0.717) is 6.04 Å². The van der Waals surface area contributed by atoms with Crippen LogP contribution in [0.4, 0.5) is 0 Å². The Labute approximate surface area is 122 Å². The average Bonchev–Trinajstić information content (AvgIpc) is 3.22. The maximum Gasteiger partial charge on any atom is 0.0765 e. The largest absolute Gasteiger partial charge is 0.314 e. The van der Waals surface area contributed by atoms with Crippen LogP contribution in [0.15, 0.2) is 12.3 Å². The Morgan fingerprint density at radius 1 is 1.35 bits per heavy atom. The Hall–Kier alpha value is -0.870. The van der Waals surface area contributed by atoms with Gasteiger partial charge in [0.15, 0.2) is 0 Å². The van der Waals surface area contributed by atoms with Crippen molar-refractivity contribution in [1.29, 1.82) is 0 Å². The zero-order chi connectivity index (χ0) is 13.9. The van der Waals surface area contributed by atoms with E-state index in [-0.39, 0.29) is 0 Å². The van der Waals surface area contributed by atoms with Crippen LogP contribution in [-0.4, -0.2) is 40.4 Å². The van der Waals surface area contributed by atoms with Crippen molar-refractivity contribution in [3.05, 3.63) is 18.0 Å². The quantitative estimate of drug-likeness (QED) is 0.866. The van der Waals surface area contributed by atoms with Crippen LogP contribution in [0.5, 0.6) is 0 Å². The second-order valence-corrected chi connectivity index (χ2v) is 6.34. The summed E-state index contributed by atoms with van der Waals surface area (Å²) in [6.45, 7) is 8.97. The van der Waals surface area contributed by atoms with E-state index < -0.39 is 0 Å². The molecular formula is C16H28N4. The number of nitrogens with zero attached hydrogens (tertiary/aromatic N) is 3. The van der Waals surface area contributed by atoms with E-state index >= 15 is 0 Å². The summed E-state index contributed by atoms with van der Waals surface area (Å²) in [5, 5.41) is 8.36. The topological polar surface area (TPSA) is 33.1 Å². The van der Waals surface area contributed by atoms with Crippen LogP contribution in [0.25, 0.3) is 0 Å². The maximum absolute atomic E-state index is 4.82. The van der Waals surface area contributed by atoms with E-state index in [0.717, 1.165) is 44.4 Å². The van der Waals surface area contributed by atoms with Crippen LogP contribution in [0.1, 0.15) is 51.3 Å². The van der Waals surface area contributed by atoms with E-state index in [1.807, 2.05) is 0 Å². The zero-order valence-electron chi connectivity index (χ0n) is 12.9. The molecule has 1 saturated carbocycles. The number of hydrogen-bond acceptors (Lipinski definition) is 3. The molecule has 1 unspecified atom stereocenters. The van der Waals surface area contributed by atoms with Crippen molar-refractivity contribution in [2.24, 2.45) is 5.92 Å². The maximum atomic E-state index is 4.82. The molecule has 2 aliphatic rings. The summed E-state index contributed by atoms with van der Waals surface area (Å²) >= 11 is 0. The molecule has 1 aromatic rings. The van der Waals surface area contributed by atoms with Gasteiger partial charge in [-0.2, -0.15) is 5.10 Å². The minimum Gasteiger partial charge on any atom is -0.314 e. The standard InChI is InChI=1S/C16H28N4/c1-3-15(4-2)20-9-7-14(18-20)12-19-10-8-17-11-16(19)13-5-6-13/h7,9,13,15-17H,3-6,8,10-12H2,1-2H3. The van der Waals surface area contributed by atoms with Crippen LogP contribution in [0.2, 0.25) is 0 Å². The molecule has 1 aromatic heterocycles. The van der Waals surface area contributed by atoms with Crippen LogP contribution >= 0.6 is 0 Å². The molecule has 0 spiro atoms. The molecule has 20 heavy (non-hydrogen) atoms. The lowest BCUT2D eigenvalue weighted by molar-refractivity contribution is 0.133. The van der Waals surface area contributed by atoms with Crippen LogP contribution in [0, 0.1) is 5.92 Å². The molecule has 0 radical (unpaired) electrons. The van der Waals surface area contributed by atoms with E-state index in [1.54, 1.807) is 0 Å². The third-order valence-corrected chi connectivity index (χ3v) is 4.91. The van der Waals surface area contributed by atoms with Crippen molar-refractivity contribution in [2.75, 3.05) is 19.6 Å². The highest BCUT2D eigenvalue weighted by Crippen LogP contribution is 2.36. The zero-order valence-corrected chi connectivity index (χ0v) is 12.9. The summed E-state index contributed by atoms with van der Waals surface area (Å²) in [5.41, 5.74) is 1.24. The first-order valence-electron chi connectivity index (χ1n) is 8.30. The van der Waals surface area contributed by atoms with Crippen molar-refractivity contribution in [3.63, 3.8) is 0 Å². The van der Waals surface area contributed by atoms with Gasteiger partial charge < -0.3 is 5.32 Å². The molecule has 1 aliphatic carbocycles. The third kappa shape index (κ3) is 3.07. The average molecular weight is 276 g/mol. The SMILES string of the molecule is CCC(CC)n1ccc(CN2CCNCC2C2CC2)n1. The molecule has 1 atom stereocenters. The van der Waals surface area contributed by atoms with Gasteiger partial charge in [0.05, 0.1) is 11.7 Å². The lowest BCUT2D eigenvalue weighted by Gasteiger charge is -2.36. The van der Waals surface area contributed by atoms with Crippen LogP contribution in [-0.2, 0) is 6.54 Å². The van der Waals surface area contributed by atoms with Gasteiger partial charge in [-0.3, -0.25) is 9.58 Å². The molecular weight excluding hydrogens is 248 g/mol. The molecule has 0 bridgehead atoms. The molecule has 112 valence electrons. The monoisotopic (exact) mass is 276 g/mol. The predicted molar refractivity (Wildman–Crippen MR) is 81.6 cm³/mol. The highest BCUT2D eigenvalue weighted by Gasteiger charge is 2.36. The Bertz CT molecular complexity index is 420. The first-order chi connectivity index (χ1) is 9.81. The van der Waals surface area contributed by atoms with Gasteiger partial charge in [-0.1, -0.05) is 13.8 Å². The molecule has 0 amide bonds. The van der Waals surface area contributed by atoms with Crippen molar-refractivity contribution in [1.82, 2.24) is 20.0 Å². The number of rotatable bonds is 6. The molecule has 3 rings (SSSR count). The number of piperazine rings is 1. The molecule has 4 nitrogen and oxygen atoms in total. The van der Waals surface area contributed by atoms with Gasteiger partial charge in [-0.25, -0.2) is 0 Å².